The van der Waals surface area contributed by atoms with Gasteiger partial charge in [-0.1, -0.05) is 6.92 Å². The van der Waals surface area contributed by atoms with Crippen LogP contribution in [0.5, 0.6) is 0 Å². The number of hydrogen-bond acceptors (Lipinski definition) is 1. The van der Waals surface area contributed by atoms with Gasteiger partial charge in [0.05, 0.1) is 0 Å². The molecular formula is C7H14N2S. The molecule has 58 valence electrons. The van der Waals surface area contributed by atoms with Gasteiger partial charge in [0.2, 0.25) is 0 Å². The molecule has 1 saturated carbocycles. The van der Waals surface area contributed by atoms with Crippen molar-refractivity contribution in [3.8, 4) is 0 Å². The summed E-state index contributed by atoms with van der Waals surface area (Å²) in [5.41, 5.74) is 0. The quantitative estimate of drug-likeness (QED) is 0.554. The number of rotatable bonds is 1. The molecule has 1 aliphatic carbocycles. The summed E-state index contributed by atoms with van der Waals surface area (Å²) in [6.45, 7) is 2.26. The van der Waals surface area contributed by atoms with Crippen molar-refractivity contribution in [2.24, 2.45) is 5.92 Å². The Balaban J connectivity index is 2.10. The molecule has 0 radical (unpaired) electrons. The van der Waals surface area contributed by atoms with Gasteiger partial charge in [-0.25, -0.2) is 0 Å². The van der Waals surface area contributed by atoms with E-state index in [-0.39, 0.29) is 0 Å². The van der Waals surface area contributed by atoms with Gasteiger partial charge in [-0.15, -0.1) is 0 Å². The second-order valence-corrected chi connectivity index (χ2v) is 3.41. The smallest absolute Gasteiger partial charge is 0.166 e. The second-order valence-electron chi connectivity index (χ2n) is 3.00. The highest BCUT2D eigenvalue weighted by molar-refractivity contribution is 7.80. The highest BCUT2D eigenvalue weighted by Gasteiger charge is 2.25. The van der Waals surface area contributed by atoms with Crippen LogP contribution in [0.1, 0.15) is 19.8 Å². The Morgan fingerprint density at radius 3 is 2.50 bits per heavy atom. The normalized spacial score (nSPS) is 30.6. The van der Waals surface area contributed by atoms with Gasteiger partial charge < -0.3 is 10.6 Å². The van der Waals surface area contributed by atoms with E-state index in [0.717, 1.165) is 11.0 Å². The van der Waals surface area contributed by atoms with Gasteiger partial charge in [0.25, 0.3) is 0 Å². The van der Waals surface area contributed by atoms with E-state index in [4.69, 9.17) is 12.2 Å². The Labute approximate surface area is 67.4 Å². The predicted molar refractivity (Wildman–Crippen MR) is 47.0 cm³/mol. The van der Waals surface area contributed by atoms with Crippen LogP contribution in [0, 0.1) is 5.92 Å². The topological polar surface area (TPSA) is 24.1 Å². The zero-order valence-corrected chi connectivity index (χ0v) is 7.29. The zero-order valence-electron chi connectivity index (χ0n) is 6.48. The maximum atomic E-state index is 4.95. The number of hydrogen-bond donors (Lipinski definition) is 2. The molecule has 0 amide bonds. The standard InChI is InChI=1S/C7H14N2S/c1-5-3-6(4-5)9-7(10)8-2/h5-6H,3-4H2,1-2H3,(H2,8,9,10). The number of nitrogens with one attached hydrogen (secondary N) is 2. The number of thiocarbonyl (C=S) groups is 1. The molecule has 0 aliphatic heterocycles. The van der Waals surface area contributed by atoms with E-state index < -0.39 is 0 Å². The van der Waals surface area contributed by atoms with Crippen LogP contribution in [-0.4, -0.2) is 18.2 Å². The van der Waals surface area contributed by atoms with Gasteiger partial charge in [0.15, 0.2) is 5.11 Å². The predicted octanol–water partition coefficient (Wildman–Crippen LogP) is 0.879. The molecule has 0 aromatic carbocycles. The van der Waals surface area contributed by atoms with Crippen molar-refractivity contribution in [2.45, 2.75) is 25.8 Å². The summed E-state index contributed by atoms with van der Waals surface area (Å²) >= 11 is 4.95. The van der Waals surface area contributed by atoms with E-state index in [0.29, 0.717) is 6.04 Å². The summed E-state index contributed by atoms with van der Waals surface area (Å²) in [5, 5.41) is 6.89. The van der Waals surface area contributed by atoms with Gasteiger partial charge in [-0.3, -0.25) is 0 Å². The first kappa shape index (κ1) is 7.79. The average molecular weight is 158 g/mol. The van der Waals surface area contributed by atoms with E-state index in [1.807, 2.05) is 7.05 Å². The minimum Gasteiger partial charge on any atom is -0.366 e. The largest absolute Gasteiger partial charge is 0.366 e. The summed E-state index contributed by atoms with van der Waals surface area (Å²) in [5.74, 6) is 0.886. The Bertz CT molecular complexity index is 130. The maximum absolute atomic E-state index is 4.95. The van der Waals surface area contributed by atoms with E-state index in [1.165, 1.54) is 12.8 Å². The molecule has 0 bridgehead atoms. The maximum Gasteiger partial charge on any atom is 0.166 e. The molecule has 0 atom stereocenters. The molecule has 1 aliphatic rings. The zero-order chi connectivity index (χ0) is 7.56. The van der Waals surface area contributed by atoms with E-state index in [9.17, 15) is 0 Å². The highest BCUT2D eigenvalue weighted by Crippen LogP contribution is 2.25. The molecule has 0 aromatic rings. The summed E-state index contributed by atoms with van der Waals surface area (Å²) in [7, 11) is 1.84. The van der Waals surface area contributed by atoms with Crippen molar-refractivity contribution < 1.29 is 0 Å². The molecule has 1 rings (SSSR count). The molecule has 3 heteroatoms. The van der Waals surface area contributed by atoms with E-state index in [2.05, 4.69) is 17.6 Å². The monoisotopic (exact) mass is 158 g/mol. The van der Waals surface area contributed by atoms with Gasteiger partial charge in [0, 0.05) is 13.1 Å². The highest BCUT2D eigenvalue weighted by atomic mass is 32.1. The Hall–Kier alpha value is -0.310. The third kappa shape index (κ3) is 1.84. The molecule has 0 heterocycles. The van der Waals surface area contributed by atoms with E-state index >= 15 is 0 Å². The minimum atomic E-state index is 0.634. The van der Waals surface area contributed by atoms with E-state index in [1.54, 1.807) is 0 Å². The van der Waals surface area contributed by atoms with Crippen LogP contribution in [0.25, 0.3) is 0 Å². The fraction of sp³-hybridized carbons (Fsp3) is 0.857. The summed E-state index contributed by atoms with van der Waals surface area (Å²) in [6, 6.07) is 0.634. The van der Waals surface area contributed by atoms with Gasteiger partial charge >= 0.3 is 0 Å². The average Bonchev–Trinajstić information content (AvgIpc) is 1.84. The Morgan fingerprint density at radius 2 is 2.10 bits per heavy atom. The summed E-state index contributed by atoms with van der Waals surface area (Å²) in [4.78, 5) is 0. The first-order valence-corrected chi connectivity index (χ1v) is 4.11. The molecular weight excluding hydrogens is 144 g/mol. The Kier molecular flexibility index (Phi) is 2.49. The molecule has 10 heavy (non-hydrogen) atoms. The summed E-state index contributed by atoms with van der Waals surface area (Å²) < 4.78 is 0. The van der Waals surface area contributed by atoms with Gasteiger partial charge in [-0.05, 0) is 31.0 Å². The molecule has 1 fully saturated rings. The third-order valence-electron chi connectivity index (χ3n) is 1.94. The van der Waals surface area contributed by atoms with Crippen molar-refractivity contribution in [1.82, 2.24) is 10.6 Å². The van der Waals surface area contributed by atoms with Crippen LogP contribution in [0.3, 0.4) is 0 Å². The fourth-order valence-electron chi connectivity index (χ4n) is 1.28. The molecule has 0 spiro atoms. The first-order valence-electron chi connectivity index (χ1n) is 3.70. The summed E-state index contributed by atoms with van der Waals surface area (Å²) in [6.07, 6.45) is 2.53. The van der Waals surface area contributed by atoms with Crippen molar-refractivity contribution in [3.05, 3.63) is 0 Å². The SMILES string of the molecule is CNC(=S)NC1CC(C)C1. The fourth-order valence-corrected chi connectivity index (χ4v) is 1.44. The Morgan fingerprint density at radius 1 is 1.50 bits per heavy atom. The van der Waals surface area contributed by atoms with Crippen LogP contribution >= 0.6 is 12.2 Å². The van der Waals surface area contributed by atoms with Crippen molar-refractivity contribution in [3.63, 3.8) is 0 Å². The lowest BCUT2D eigenvalue weighted by molar-refractivity contribution is 0.267. The molecule has 0 unspecified atom stereocenters. The van der Waals surface area contributed by atoms with Crippen LogP contribution in [0.15, 0.2) is 0 Å². The second kappa shape index (κ2) is 3.19. The van der Waals surface area contributed by atoms with Crippen LogP contribution in [-0.2, 0) is 0 Å². The van der Waals surface area contributed by atoms with Crippen LogP contribution < -0.4 is 10.6 Å². The first-order chi connectivity index (χ1) is 4.72. The van der Waals surface area contributed by atoms with Crippen molar-refractivity contribution >= 4 is 17.3 Å². The van der Waals surface area contributed by atoms with Crippen molar-refractivity contribution in [2.75, 3.05) is 7.05 Å². The molecule has 2 nitrogen and oxygen atoms in total. The van der Waals surface area contributed by atoms with Crippen LogP contribution in [0.2, 0.25) is 0 Å². The van der Waals surface area contributed by atoms with Crippen LogP contribution in [0.4, 0.5) is 0 Å². The molecule has 0 saturated heterocycles. The molecule has 2 N–H and O–H groups in total. The lowest BCUT2D eigenvalue weighted by Crippen LogP contribution is -2.46. The lowest BCUT2D eigenvalue weighted by Gasteiger charge is -2.33. The molecule has 0 aromatic heterocycles. The lowest BCUT2D eigenvalue weighted by atomic mass is 9.82. The van der Waals surface area contributed by atoms with Gasteiger partial charge in [-0.2, -0.15) is 0 Å². The third-order valence-corrected chi connectivity index (χ3v) is 2.26. The van der Waals surface area contributed by atoms with Crippen molar-refractivity contribution in [1.29, 1.82) is 0 Å². The van der Waals surface area contributed by atoms with Gasteiger partial charge in [0.1, 0.15) is 0 Å². The minimum absolute atomic E-state index is 0.634.